The van der Waals surface area contributed by atoms with Gasteiger partial charge in [-0.25, -0.2) is 0 Å². The third-order valence-corrected chi connectivity index (χ3v) is 4.62. The van der Waals surface area contributed by atoms with Gasteiger partial charge in [-0.1, -0.05) is 11.8 Å². The second-order valence-electron chi connectivity index (χ2n) is 4.96. The standard InChI is InChI=1S/C15H19N3O2S/c1-10-12(9-16)15(18(2)17-10)21-11-4-5-13-14(8-11)20-7-3-6-19-13/h4-5,8H,3,6-7,9,16H2,1-2H3. The first-order valence-electron chi connectivity index (χ1n) is 6.99. The molecule has 0 bridgehead atoms. The molecule has 3 rings (SSSR count). The first-order chi connectivity index (χ1) is 10.2. The van der Waals surface area contributed by atoms with E-state index in [0.29, 0.717) is 19.8 Å². The number of aryl methyl sites for hydroxylation is 2. The van der Waals surface area contributed by atoms with Crippen LogP contribution in [0.15, 0.2) is 28.1 Å². The van der Waals surface area contributed by atoms with E-state index in [-0.39, 0.29) is 0 Å². The van der Waals surface area contributed by atoms with Gasteiger partial charge in [-0.3, -0.25) is 4.68 Å². The Kier molecular flexibility index (Phi) is 4.07. The SMILES string of the molecule is Cc1nn(C)c(Sc2ccc3c(c2)OCCCO3)c1CN. The van der Waals surface area contributed by atoms with Crippen LogP contribution in [0.1, 0.15) is 17.7 Å². The number of nitrogens with zero attached hydrogens (tertiary/aromatic N) is 2. The van der Waals surface area contributed by atoms with Gasteiger partial charge in [0.05, 0.1) is 18.9 Å². The molecule has 0 fully saturated rings. The molecule has 1 aliphatic heterocycles. The van der Waals surface area contributed by atoms with Crippen LogP contribution in [0, 0.1) is 6.92 Å². The topological polar surface area (TPSA) is 62.3 Å². The van der Waals surface area contributed by atoms with Crippen molar-refractivity contribution in [3.63, 3.8) is 0 Å². The molecule has 21 heavy (non-hydrogen) atoms. The number of nitrogens with two attached hydrogens (primary N) is 1. The lowest BCUT2D eigenvalue weighted by Crippen LogP contribution is -1.99. The van der Waals surface area contributed by atoms with Crippen molar-refractivity contribution in [3.05, 3.63) is 29.5 Å². The molecule has 2 heterocycles. The molecule has 0 unspecified atom stereocenters. The van der Waals surface area contributed by atoms with Gasteiger partial charge in [0.25, 0.3) is 0 Å². The van der Waals surface area contributed by atoms with E-state index in [1.165, 1.54) is 0 Å². The van der Waals surface area contributed by atoms with Gasteiger partial charge < -0.3 is 15.2 Å². The lowest BCUT2D eigenvalue weighted by Gasteiger charge is -2.10. The largest absolute Gasteiger partial charge is 0.490 e. The van der Waals surface area contributed by atoms with Crippen LogP contribution in [-0.2, 0) is 13.6 Å². The molecule has 0 radical (unpaired) electrons. The molecule has 6 heteroatoms. The number of ether oxygens (including phenoxy) is 2. The van der Waals surface area contributed by atoms with Gasteiger partial charge in [0.2, 0.25) is 0 Å². The number of benzene rings is 1. The highest BCUT2D eigenvalue weighted by molar-refractivity contribution is 7.99. The predicted molar refractivity (Wildman–Crippen MR) is 82.0 cm³/mol. The van der Waals surface area contributed by atoms with E-state index in [4.69, 9.17) is 15.2 Å². The zero-order chi connectivity index (χ0) is 14.8. The molecule has 1 aliphatic rings. The van der Waals surface area contributed by atoms with E-state index in [1.54, 1.807) is 11.8 Å². The maximum atomic E-state index is 5.84. The Balaban J connectivity index is 1.90. The van der Waals surface area contributed by atoms with Gasteiger partial charge in [0, 0.05) is 30.5 Å². The Morgan fingerprint density at radius 3 is 2.81 bits per heavy atom. The summed E-state index contributed by atoms with van der Waals surface area (Å²) in [6.07, 6.45) is 0.912. The highest BCUT2D eigenvalue weighted by Gasteiger charge is 2.15. The summed E-state index contributed by atoms with van der Waals surface area (Å²) < 4.78 is 13.3. The molecule has 5 nitrogen and oxygen atoms in total. The fourth-order valence-electron chi connectivity index (χ4n) is 2.36. The predicted octanol–water partition coefficient (Wildman–Crippen LogP) is 2.50. The summed E-state index contributed by atoms with van der Waals surface area (Å²) in [5, 5.41) is 5.51. The first kappa shape index (κ1) is 14.3. The number of rotatable bonds is 3. The van der Waals surface area contributed by atoms with Gasteiger partial charge in [-0.2, -0.15) is 5.10 Å². The number of hydrogen-bond acceptors (Lipinski definition) is 5. The van der Waals surface area contributed by atoms with Crippen LogP contribution >= 0.6 is 11.8 Å². The zero-order valence-corrected chi connectivity index (χ0v) is 13.1. The maximum absolute atomic E-state index is 5.84. The van der Waals surface area contributed by atoms with Crippen molar-refractivity contribution in [3.8, 4) is 11.5 Å². The summed E-state index contributed by atoms with van der Waals surface area (Å²) in [5.74, 6) is 1.63. The van der Waals surface area contributed by atoms with Crippen molar-refractivity contribution < 1.29 is 9.47 Å². The van der Waals surface area contributed by atoms with Crippen LogP contribution in [0.2, 0.25) is 0 Å². The summed E-state index contributed by atoms with van der Waals surface area (Å²) in [5.41, 5.74) is 7.91. The molecule has 0 atom stereocenters. The summed E-state index contributed by atoms with van der Waals surface area (Å²) in [6, 6.07) is 6.03. The molecular formula is C15H19N3O2S. The summed E-state index contributed by atoms with van der Waals surface area (Å²) >= 11 is 1.65. The first-order valence-corrected chi connectivity index (χ1v) is 7.80. The minimum absolute atomic E-state index is 0.493. The van der Waals surface area contributed by atoms with Crippen LogP contribution in [0.3, 0.4) is 0 Å². The lowest BCUT2D eigenvalue weighted by molar-refractivity contribution is 0.297. The Hall–Kier alpha value is -1.66. The maximum Gasteiger partial charge on any atom is 0.162 e. The molecule has 1 aromatic carbocycles. The Labute approximate surface area is 128 Å². The van der Waals surface area contributed by atoms with E-state index < -0.39 is 0 Å². The van der Waals surface area contributed by atoms with Crippen molar-refractivity contribution in [1.29, 1.82) is 0 Å². The fraction of sp³-hybridized carbons (Fsp3) is 0.400. The van der Waals surface area contributed by atoms with E-state index in [2.05, 4.69) is 5.10 Å². The molecule has 0 spiro atoms. The van der Waals surface area contributed by atoms with Crippen LogP contribution in [0.5, 0.6) is 11.5 Å². The van der Waals surface area contributed by atoms with Crippen LogP contribution in [-0.4, -0.2) is 23.0 Å². The van der Waals surface area contributed by atoms with Crippen LogP contribution < -0.4 is 15.2 Å². The smallest absolute Gasteiger partial charge is 0.162 e. The fourth-order valence-corrected chi connectivity index (χ4v) is 3.41. The van der Waals surface area contributed by atoms with Crippen LogP contribution in [0.4, 0.5) is 0 Å². The summed E-state index contributed by atoms with van der Waals surface area (Å²) in [7, 11) is 1.94. The van der Waals surface area contributed by atoms with Crippen molar-refractivity contribution in [1.82, 2.24) is 9.78 Å². The average molecular weight is 305 g/mol. The van der Waals surface area contributed by atoms with E-state index in [9.17, 15) is 0 Å². The normalized spacial score (nSPS) is 14.0. The van der Waals surface area contributed by atoms with Gasteiger partial charge in [0.15, 0.2) is 11.5 Å². The third-order valence-electron chi connectivity index (χ3n) is 3.43. The van der Waals surface area contributed by atoms with Gasteiger partial charge in [-0.15, -0.1) is 0 Å². The number of hydrogen-bond donors (Lipinski definition) is 1. The highest BCUT2D eigenvalue weighted by atomic mass is 32.2. The van der Waals surface area contributed by atoms with Crippen LogP contribution in [0.25, 0.3) is 0 Å². The Morgan fingerprint density at radius 2 is 2.05 bits per heavy atom. The second-order valence-corrected chi connectivity index (χ2v) is 6.02. The molecule has 2 aromatic rings. The summed E-state index contributed by atoms with van der Waals surface area (Å²) in [4.78, 5) is 1.09. The average Bonchev–Trinajstić information content (AvgIpc) is 2.66. The quantitative estimate of drug-likeness (QED) is 0.944. The monoisotopic (exact) mass is 305 g/mol. The van der Waals surface area contributed by atoms with E-state index in [1.807, 2.05) is 36.9 Å². The molecular weight excluding hydrogens is 286 g/mol. The minimum Gasteiger partial charge on any atom is -0.490 e. The van der Waals surface area contributed by atoms with Crippen molar-refractivity contribution >= 4 is 11.8 Å². The van der Waals surface area contributed by atoms with Crippen molar-refractivity contribution in [2.24, 2.45) is 12.8 Å². The molecule has 0 aliphatic carbocycles. The molecule has 0 amide bonds. The van der Waals surface area contributed by atoms with E-state index in [0.717, 1.165) is 39.1 Å². The third kappa shape index (κ3) is 2.87. The second kappa shape index (κ2) is 5.99. The Bertz CT molecular complexity index is 655. The van der Waals surface area contributed by atoms with Gasteiger partial charge >= 0.3 is 0 Å². The summed E-state index contributed by atoms with van der Waals surface area (Å²) in [6.45, 7) is 3.88. The van der Waals surface area contributed by atoms with E-state index >= 15 is 0 Å². The lowest BCUT2D eigenvalue weighted by atomic mass is 10.3. The molecule has 112 valence electrons. The molecule has 0 saturated carbocycles. The highest BCUT2D eigenvalue weighted by Crippen LogP contribution is 2.37. The molecule has 1 aromatic heterocycles. The van der Waals surface area contributed by atoms with Crippen molar-refractivity contribution in [2.75, 3.05) is 13.2 Å². The van der Waals surface area contributed by atoms with Gasteiger partial charge in [-0.05, 0) is 25.1 Å². The van der Waals surface area contributed by atoms with Crippen molar-refractivity contribution in [2.45, 2.75) is 29.8 Å². The zero-order valence-electron chi connectivity index (χ0n) is 12.3. The number of fused-ring (bicyclic) bond motifs is 1. The molecule has 2 N–H and O–H groups in total. The minimum atomic E-state index is 0.493. The number of aromatic nitrogens is 2. The van der Waals surface area contributed by atoms with Gasteiger partial charge in [0.1, 0.15) is 5.03 Å². The Morgan fingerprint density at radius 1 is 1.29 bits per heavy atom. The molecule has 0 saturated heterocycles.